The lowest BCUT2D eigenvalue weighted by Gasteiger charge is -2.09. The van der Waals surface area contributed by atoms with Gasteiger partial charge in [0.1, 0.15) is 11.5 Å². The number of nitrogens with zero attached hydrogens (tertiary/aromatic N) is 2. The fourth-order valence-electron chi connectivity index (χ4n) is 2.47. The number of nitrogens with one attached hydrogen (secondary N) is 1. The zero-order valence-corrected chi connectivity index (χ0v) is 13.7. The molecule has 0 aliphatic heterocycles. The number of para-hydroxylation sites is 2. The maximum atomic E-state index is 12.1. The number of hydrogen-bond acceptors (Lipinski definition) is 4. The molecule has 3 aromatic rings. The average molecular weight is 325 g/mol. The van der Waals surface area contributed by atoms with Crippen LogP contribution in [-0.4, -0.2) is 29.2 Å². The second kappa shape index (κ2) is 7.04. The van der Waals surface area contributed by atoms with Crippen molar-refractivity contribution in [2.24, 2.45) is 0 Å². The summed E-state index contributed by atoms with van der Waals surface area (Å²) in [4.78, 5) is 16.6. The molecule has 0 spiro atoms. The van der Waals surface area contributed by atoms with Crippen LogP contribution in [0.4, 0.5) is 5.95 Å². The predicted octanol–water partition coefficient (Wildman–Crippen LogP) is 3.08. The third-order valence-corrected chi connectivity index (χ3v) is 3.65. The Kier molecular flexibility index (Phi) is 4.65. The highest BCUT2D eigenvalue weighted by Gasteiger charge is 2.12. The highest BCUT2D eigenvalue weighted by Crippen LogP contribution is 2.20. The van der Waals surface area contributed by atoms with Crippen molar-refractivity contribution in [3.05, 3.63) is 48.5 Å². The number of rotatable bonds is 6. The van der Waals surface area contributed by atoms with Gasteiger partial charge in [-0.15, -0.1) is 0 Å². The lowest BCUT2D eigenvalue weighted by molar-refractivity contribution is -0.118. The van der Waals surface area contributed by atoms with Crippen molar-refractivity contribution in [1.82, 2.24) is 9.55 Å². The molecule has 0 fully saturated rings. The number of methoxy groups -OCH3 is 1. The van der Waals surface area contributed by atoms with Crippen molar-refractivity contribution in [2.75, 3.05) is 19.0 Å². The molecule has 0 aliphatic rings. The van der Waals surface area contributed by atoms with Crippen LogP contribution in [0.25, 0.3) is 11.0 Å². The SMILES string of the molecule is CCn1c(NC(=O)COc2ccc(OC)cc2)nc2ccccc21. The van der Waals surface area contributed by atoms with Gasteiger partial charge in [-0.25, -0.2) is 4.98 Å². The van der Waals surface area contributed by atoms with E-state index in [2.05, 4.69) is 10.3 Å². The van der Waals surface area contributed by atoms with E-state index in [1.54, 1.807) is 31.4 Å². The van der Waals surface area contributed by atoms with Crippen LogP contribution in [0.2, 0.25) is 0 Å². The average Bonchev–Trinajstić information content (AvgIpc) is 2.97. The molecule has 0 saturated carbocycles. The van der Waals surface area contributed by atoms with E-state index in [1.807, 2.05) is 35.8 Å². The van der Waals surface area contributed by atoms with Gasteiger partial charge < -0.3 is 14.0 Å². The van der Waals surface area contributed by atoms with E-state index in [1.165, 1.54) is 0 Å². The number of hydrogen-bond donors (Lipinski definition) is 1. The Hall–Kier alpha value is -3.02. The Bertz CT molecular complexity index is 840. The van der Waals surface area contributed by atoms with Crippen LogP contribution < -0.4 is 14.8 Å². The first-order valence-corrected chi connectivity index (χ1v) is 7.73. The van der Waals surface area contributed by atoms with Gasteiger partial charge in [0.05, 0.1) is 18.1 Å². The fraction of sp³-hybridized carbons (Fsp3) is 0.222. The molecule has 6 nitrogen and oxygen atoms in total. The molecule has 0 atom stereocenters. The number of fused-ring (bicyclic) bond motifs is 1. The normalized spacial score (nSPS) is 10.6. The van der Waals surface area contributed by atoms with Crippen LogP contribution in [0, 0.1) is 0 Å². The van der Waals surface area contributed by atoms with Gasteiger partial charge in [-0.2, -0.15) is 0 Å². The summed E-state index contributed by atoms with van der Waals surface area (Å²) < 4.78 is 12.5. The minimum absolute atomic E-state index is 0.0841. The van der Waals surface area contributed by atoms with Crippen molar-refractivity contribution in [1.29, 1.82) is 0 Å². The molecule has 1 aromatic heterocycles. The smallest absolute Gasteiger partial charge is 0.264 e. The number of carbonyl (C=O) groups is 1. The molecular weight excluding hydrogens is 306 g/mol. The van der Waals surface area contributed by atoms with Gasteiger partial charge in [0, 0.05) is 6.54 Å². The fourth-order valence-corrected chi connectivity index (χ4v) is 2.47. The molecule has 0 saturated heterocycles. The Balaban J connectivity index is 1.66. The summed E-state index contributed by atoms with van der Waals surface area (Å²) in [5.41, 5.74) is 1.84. The predicted molar refractivity (Wildman–Crippen MR) is 92.5 cm³/mol. The maximum Gasteiger partial charge on any atom is 0.264 e. The van der Waals surface area contributed by atoms with E-state index in [0.717, 1.165) is 23.3 Å². The first kappa shape index (κ1) is 15.9. The topological polar surface area (TPSA) is 65.4 Å². The van der Waals surface area contributed by atoms with E-state index in [4.69, 9.17) is 9.47 Å². The molecule has 0 radical (unpaired) electrons. The molecule has 3 rings (SSSR count). The van der Waals surface area contributed by atoms with Crippen molar-refractivity contribution < 1.29 is 14.3 Å². The molecule has 24 heavy (non-hydrogen) atoms. The molecule has 0 aliphatic carbocycles. The van der Waals surface area contributed by atoms with Crippen LogP contribution in [-0.2, 0) is 11.3 Å². The minimum Gasteiger partial charge on any atom is -0.497 e. The summed E-state index contributed by atoms with van der Waals surface area (Å²) >= 11 is 0. The maximum absolute atomic E-state index is 12.1. The Morgan fingerprint density at radius 2 is 1.83 bits per heavy atom. The monoisotopic (exact) mass is 325 g/mol. The van der Waals surface area contributed by atoms with Gasteiger partial charge in [-0.05, 0) is 43.3 Å². The van der Waals surface area contributed by atoms with Gasteiger partial charge in [0.2, 0.25) is 5.95 Å². The van der Waals surface area contributed by atoms with Crippen LogP contribution in [0.5, 0.6) is 11.5 Å². The number of benzene rings is 2. The van der Waals surface area contributed by atoms with Crippen molar-refractivity contribution in [3.8, 4) is 11.5 Å². The summed E-state index contributed by atoms with van der Waals surface area (Å²) in [5, 5.41) is 2.81. The highest BCUT2D eigenvalue weighted by molar-refractivity contribution is 5.92. The number of imidazole rings is 1. The zero-order valence-electron chi connectivity index (χ0n) is 13.7. The van der Waals surface area contributed by atoms with Crippen molar-refractivity contribution in [3.63, 3.8) is 0 Å². The van der Waals surface area contributed by atoms with Crippen LogP contribution in [0.3, 0.4) is 0 Å². The van der Waals surface area contributed by atoms with Crippen molar-refractivity contribution >= 4 is 22.9 Å². The lowest BCUT2D eigenvalue weighted by atomic mass is 10.3. The standard InChI is InChI=1S/C18H19N3O3/c1-3-21-16-7-5-4-6-15(16)19-18(21)20-17(22)12-24-14-10-8-13(23-2)9-11-14/h4-11H,3,12H2,1-2H3,(H,19,20,22). The van der Waals surface area contributed by atoms with Crippen molar-refractivity contribution in [2.45, 2.75) is 13.5 Å². The van der Waals surface area contributed by atoms with Gasteiger partial charge in [-0.1, -0.05) is 12.1 Å². The number of anilines is 1. The Labute approximate surface area is 140 Å². The third-order valence-electron chi connectivity index (χ3n) is 3.65. The van der Waals surface area contributed by atoms with Gasteiger partial charge >= 0.3 is 0 Å². The molecule has 0 unspecified atom stereocenters. The number of aromatic nitrogens is 2. The molecule has 1 heterocycles. The summed E-state index contributed by atoms with van der Waals surface area (Å²) in [6.45, 7) is 2.65. The number of aryl methyl sites for hydroxylation is 1. The number of ether oxygens (including phenoxy) is 2. The van der Waals surface area contributed by atoms with Gasteiger partial charge in [0.15, 0.2) is 6.61 Å². The molecule has 6 heteroatoms. The molecule has 1 N–H and O–H groups in total. The first-order chi connectivity index (χ1) is 11.7. The molecule has 1 amide bonds. The second-order valence-corrected chi connectivity index (χ2v) is 5.18. The Morgan fingerprint density at radius 3 is 2.54 bits per heavy atom. The van der Waals surface area contributed by atoms with E-state index >= 15 is 0 Å². The van der Waals surface area contributed by atoms with E-state index in [-0.39, 0.29) is 12.5 Å². The van der Waals surface area contributed by atoms with Gasteiger partial charge in [0.25, 0.3) is 5.91 Å². The van der Waals surface area contributed by atoms with E-state index in [9.17, 15) is 4.79 Å². The van der Waals surface area contributed by atoms with Gasteiger partial charge in [-0.3, -0.25) is 10.1 Å². The molecular formula is C18H19N3O3. The quantitative estimate of drug-likeness (QED) is 0.756. The number of carbonyl (C=O) groups excluding carboxylic acids is 1. The van der Waals surface area contributed by atoms with Crippen LogP contribution >= 0.6 is 0 Å². The zero-order chi connectivity index (χ0) is 16.9. The minimum atomic E-state index is -0.254. The first-order valence-electron chi connectivity index (χ1n) is 7.73. The van der Waals surface area contributed by atoms with E-state index in [0.29, 0.717) is 11.7 Å². The van der Waals surface area contributed by atoms with Crippen LogP contribution in [0.1, 0.15) is 6.92 Å². The molecule has 0 bridgehead atoms. The molecule has 124 valence electrons. The molecule has 2 aromatic carbocycles. The second-order valence-electron chi connectivity index (χ2n) is 5.18. The summed E-state index contributed by atoms with van der Waals surface area (Å²) in [6, 6.07) is 14.9. The largest absolute Gasteiger partial charge is 0.497 e. The third kappa shape index (κ3) is 3.32. The summed E-state index contributed by atoms with van der Waals surface area (Å²) in [5.74, 6) is 1.62. The lowest BCUT2D eigenvalue weighted by Crippen LogP contribution is -2.22. The van der Waals surface area contributed by atoms with Crippen LogP contribution in [0.15, 0.2) is 48.5 Å². The Morgan fingerprint density at radius 1 is 1.12 bits per heavy atom. The number of amides is 1. The summed E-state index contributed by atoms with van der Waals surface area (Å²) in [7, 11) is 1.60. The summed E-state index contributed by atoms with van der Waals surface area (Å²) in [6.07, 6.45) is 0. The van der Waals surface area contributed by atoms with E-state index < -0.39 is 0 Å². The highest BCUT2D eigenvalue weighted by atomic mass is 16.5.